The fourth-order valence-corrected chi connectivity index (χ4v) is 4.69. The molecule has 0 saturated carbocycles. The molecular weight excluding hydrogens is 423 g/mol. The molecule has 0 radical (unpaired) electrons. The van der Waals surface area contributed by atoms with Gasteiger partial charge in [0, 0.05) is 22.3 Å². The van der Waals surface area contributed by atoms with Gasteiger partial charge in [-0.3, -0.25) is 4.84 Å². The van der Waals surface area contributed by atoms with Gasteiger partial charge in [-0.25, -0.2) is 4.79 Å². The molecule has 7 heteroatoms. The predicted molar refractivity (Wildman–Crippen MR) is 121 cm³/mol. The van der Waals surface area contributed by atoms with Crippen molar-refractivity contribution in [3.8, 4) is 0 Å². The number of anilines is 2. The topological polar surface area (TPSA) is 61.8 Å². The molecule has 162 valence electrons. The molecule has 0 bridgehead atoms. The van der Waals surface area contributed by atoms with E-state index in [1.165, 1.54) is 0 Å². The third kappa shape index (κ3) is 4.75. The highest BCUT2D eigenvalue weighted by molar-refractivity contribution is 6.39. The van der Waals surface area contributed by atoms with E-state index in [0.717, 1.165) is 19.3 Å². The number of rotatable bonds is 6. The van der Waals surface area contributed by atoms with Crippen molar-refractivity contribution in [3.05, 3.63) is 58.1 Å². The van der Waals surface area contributed by atoms with E-state index >= 15 is 0 Å². The zero-order chi connectivity index (χ0) is 22.1. The second kappa shape index (κ2) is 8.75. The summed E-state index contributed by atoms with van der Waals surface area (Å²) in [6, 6.07) is 12.4. The molecule has 1 aliphatic heterocycles. The van der Waals surface area contributed by atoms with Crippen LogP contribution in [0.15, 0.2) is 42.5 Å². The van der Waals surface area contributed by atoms with Crippen molar-refractivity contribution < 1.29 is 14.7 Å². The van der Waals surface area contributed by atoms with Crippen LogP contribution in [0, 0.1) is 0 Å². The van der Waals surface area contributed by atoms with E-state index in [9.17, 15) is 9.90 Å². The number of hydrogen-bond acceptors (Lipinski definition) is 4. The monoisotopic (exact) mass is 450 g/mol. The first kappa shape index (κ1) is 22.9. The minimum Gasteiger partial charge on any atom is -0.479 e. The van der Waals surface area contributed by atoms with E-state index in [1.807, 2.05) is 11.1 Å². The summed E-state index contributed by atoms with van der Waals surface area (Å²) in [6.07, 6.45) is 1.74. The van der Waals surface area contributed by atoms with Crippen molar-refractivity contribution in [3.63, 3.8) is 0 Å². The molecule has 5 nitrogen and oxygen atoms in total. The van der Waals surface area contributed by atoms with Crippen LogP contribution in [0.25, 0.3) is 0 Å². The Morgan fingerprint density at radius 1 is 1.03 bits per heavy atom. The maximum Gasteiger partial charge on any atom is 0.339 e. The Bertz CT molecular complexity index is 894. The summed E-state index contributed by atoms with van der Waals surface area (Å²) in [5.74, 6) is -1.06. The molecule has 1 heterocycles. The largest absolute Gasteiger partial charge is 0.479 e. The first-order valence-corrected chi connectivity index (χ1v) is 10.8. The van der Waals surface area contributed by atoms with Gasteiger partial charge in [-0.1, -0.05) is 47.5 Å². The van der Waals surface area contributed by atoms with E-state index in [4.69, 9.17) is 28.0 Å². The quantitative estimate of drug-likeness (QED) is 0.504. The zero-order valence-electron chi connectivity index (χ0n) is 17.7. The Morgan fingerprint density at radius 3 is 2.17 bits per heavy atom. The highest BCUT2D eigenvalue weighted by Crippen LogP contribution is 2.42. The smallest absolute Gasteiger partial charge is 0.339 e. The number of halogens is 2. The van der Waals surface area contributed by atoms with Crippen molar-refractivity contribution >= 4 is 40.5 Å². The second-order valence-electron chi connectivity index (χ2n) is 8.91. The van der Waals surface area contributed by atoms with Crippen LogP contribution in [-0.4, -0.2) is 27.2 Å². The van der Waals surface area contributed by atoms with E-state index in [-0.39, 0.29) is 11.1 Å². The van der Waals surface area contributed by atoms with Gasteiger partial charge in [0.05, 0.1) is 15.7 Å². The molecule has 0 amide bonds. The van der Waals surface area contributed by atoms with Crippen molar-refractivity contribution in [2.45, 2.75) is 64.1 Å². The van der Waals surface area contributed by atoms with Gasteiger partial charge in [-0.05, 0) is 65.2 Å². The number of hydroxylamine groups is 2. The Labute approximate surface area is 187 Å². The van der Waals surface area contributed by atoms with Gasteiger partial charge in [-0.2, -0.15) is 5.06 Å². The Morgan fingerprint density at radius 2 is 1.60 bits per heavy atom. The molecule has 0 aromatic heterocycles. The molecule has 1 atom stereocenters. The summed E-state index contributed by atoms with van der Waals surface area (Å²) in [5.41, 5.74) is 1.02. The predicted octanol–water partition coefficient (Wildman–Crippen LogP) is 6.84. The van der Waals surface area contributed by atoms with Gasteiger partial charge in [-0.15, -0.1) is 0 Å². The molecule has 30 heavy (non-hydrogen) atoms. The lowest BCUT2D eigenvalue weighted by molar-refractivity contribution is -0.304. The highest BCUT2D eigenvalue weighted by Gasteiger charge is 2.45. The summed E-state index contributed by atoms with van der Waals surface area (Å²) in [6.45, 7) is 8.34. The average Bonchev–Trinajstić information content (AvgIpc) is 2.64. The number of nitrogens with one attached hydrogen (secondary N) is 1. The molecule has 1 unspecified atom stereocenters. The molecule has 1 fully saturated rings. The Hall–Kier alpha value is -1.79. The van der Waals surface area contributed by atoms with Crippen molar-refractivity contribution in [2.24, 2.45) is 0 Å². The maximum absolute atomic E-state index is 12.3. The SMILES string of the molecule is CC1(C)CCCC(C)(C)N1OC(C(=O)O)c1ccccc1Nc1c(Cl)cccc1Cl. The van der Waals surface area contributed by atoms with Crippen LogP contribution in [0.4, 0.5) is 11.4 Å². The number of nitrogens with zero attached hydrogens (tertiary/aromatic N) is 1. The lowest BCUT2D eigenvalue weighted by Gasteiger charge is -2.52. The zero-order valence-corrected chi connectivity index (χ0v) is 19.2. The van der Waals surface area contributed by atoms with Gasteiger partial charge >= 0.3 is 5.97 Å². The lowest BCUT2D eigenvalue weighted by Crippen LogP contribution is -2.58. The minimum atomic E-state index is -1.19. The molecule has 2 aromatic carbocycles. The van der Waals surface area contributed by atoms with Crippen molar-refractivity contribution in [1.82, 2.24) is 5.06 Å². The minimum absolute atomic E-state index is 0.288. The Balaban J connectivity index is 1.99. The van der Waals surface area contributed by atoms with Crippen molar-refractivity contribution in [1.29, 1.82) is 0 Å². The summed E-state index contributed by atoms with van der Waals surface area (Å²) < 4.78 is 0. The van der Waals surface area contributed by atoms with Gasteiger partial charge in [0.2, 0.25) is 6.10 Å². The van der Waals surface area contributed by atoms with Gasteiger partial charge in [0.15, 0.2) is 0 Å². The third-order valence-electron chi connectivity index (χ3n) is 5.58. The number of hydrogen-bond donors (Lipinski definition) is 2. The van der Waals surface area contributed by atoms with E-state index in [2.05, 4.69) is 33.0 Å². The van der Waals surface area contributed by atoms with Crippen LogP contribution in [0.2, 0.25) is 10.0 Å². The molecule has 1 saturated heterocycles. The number of aliphatic carboxylic acids is 1. The van der Waals surface area contributed by atoms with Crippen LogP contribution in [0.5, 0.6) is 0 Å². The lowest BCUT2D eigenvalue weighted by atomic mass is 9.82. The van der Waals surface area contributed by atoms with Crippen LogP contribution >= 0.6 is 23.2 Å². The van der Waals surface area contributed by atoms with Crippen molar-refractivity contribution in [2.75, 3.05) is 5.32 Å². The molecule has 2 aromatic rings. The molecular formula is C23H28Cl2N2O3. The van der Waals surface area contributed by atoms with Gasteiger partial charge in [0.25, 0.3) is 0 Å². The van der Waals surface area contributed by atoms with E-state index in [1.54, 1.807) is 36.4 Å². The molecule has 0 aliphatic carbocycles. The third-order valence-corrected chi connectivity index (χ3v) is 6.21. The second-order valence-corrected chi connectivity index (χ2v) is 9.72. The fourth-order valence-electron chi connectivity index (χ4n) is 4.19. The van der Waals surface area contributed by atoms with Gasteiger partial charge < -0.3 is 10.4 Å². The van der Waals surface area contributed by atoms with Crippen LogP contribution in [-0.2, 0) is 9.63 Å². The molecule has 1 aliphatic rings. The number of carbonyl (C=O) groups is 1. The number of carboxylic acids is 1. The average molecular weight is 451 g/mol. The summed E-state index contributed by atoms with van der Waals surface area (Å²) in [7, 11) is 0. The number of benzene rings is 2. The van der Waals surface area contributed by atoms with E-state index in [0.29, 0.717) is 27.0 Å². The van der Waals surface area contributed by atoms with Crippen LogP contribution < -0.4 is 5.32 Å². The standard InChI is InChI=1S/C23H28Cl2N2O3/c1-22(2)13-8-14-23(3,4)27(22)30-20(21(28)29)15-9-5-6-12-18(15)26-19-16(24)10-7-11-17(19)25/h5-7,9-12,20,26H,8,13-14H2,1-4H3,(H,28,29). The first-order chi connectivity index (χ1) is 14.0. The van der Waals surface area contributed by atoms with Crippen LogP contribution in [0.3, 0.4) is 0 Å². The highest BCUT2D eigenvalue weighted by atomic mass is 35.5. The number of carboxylic acid groups (broad SMARTS) is 1. The molecule has 3 rings (SSSR count). The summed E-state index contributed by atoms with van der Waals surface area (Å²) in [5, 5.41) is 16.0. The number of piperidine rings is 1. The summed E-state index contributed by atoms with van der Waals surface area (Å²) in [4.78, 5) is 18.5. The number of para-hydroxylation sites is 2. The molecule has 0 spiro atoms. The van der Waals surface area contributed by atoms with E-state index < -0.39 is 12.1 Å². The normalized spacial score (nSPS) is 19.3. The maximum atomic E-state index is 12.3. The fraction of sp³-hybridized carbons (Fsp3) is 0.435. The van der Waals surface area contributed by atoms with Gasteiger partial charge in [0.1, 0.15) is 0 Å². The summed E-state index contributed by atoms with van der Waals surface area (Å²) >= 11 is 12.6. The first-order valence-electron chi connectivity index (χ1n) is 10.0. The Kier molecular flexibility index (Phi) is 6.68. The van der Waals surface area contributed by atoms with Crippen LogP contribution in [0.1, 0.15) is 58.6 Å². The molecule has 2 N–H and O–H groups in total.